The summed E-state index contributed by atoms with van der Waals surface area (Å²) in [6, 6.07) is 1.99. The van der Waals surface area contributed by atoms with Gasteiger partial charge in [0.05, 0.1) is 10.8 Å². The lowest BCUT2D eigenvalue weighted by atomic mass is 10.2. The summed E-state index contributed by atoms with van der Waals surface area (Å²) in [4.78, 5) is -0.369. The molecule has 6 heteroatoms. The highest BCUT2D eigenvalue weighted by atomic mass is 32.2. The van der Waals surface area contributed by atoms with Crippen molar-refractivity contribution in [3.05, 3.63) is 23.8 Å². The Hall–Kier alpha value is -1.01. The number of hydrogen-bond acceptors (Lipinski definition) is 3. The van der Waals surface area contributed by atoms with Gasteiger partial charge in [0.1, 0.15) is 16.5 Å². The van der Waals surface area contributed by atoms with E-state index in [9.17, 15) is 13.0 Å². The number of rotatable bonds is 2. The first kappa shape index (κ1) is 12.4. The normalized spacial score (nSPS) is 19.2. The Balaban J connectivity index is 2.30. The second kappa shape index (κ2) is 5.10. The molecular weight excluding hydrogens is 248 g/mol. The van der Waals surface area contributed by atoms with Crippen LogP contribution in [0.1, 0.15) is 12.8 Å². The van der Waals surface area contributed by atoms with Crippen LogP contribution in [0.2, 0.25) is 0 Å². The van der Waals surface area contributed by atoms with Crippen molar-refractivity contribution in [2.45, 2.75) is 23.0 Å². The molecule has 1 atom stereocenters. The quantitative estimate of drug-likeness (QED) is 0.826. The second-order valence-corrected chi connectivity index (χ2v) is 5.59. The third-order valence-corrected chi connectivity index (χ3v) is 4.56. The van der Waals surface area contributed by atoms with E-state index >= 15 is 0 Å². The molecule has 0 radical (unpaired) electrons. The molecular formula is C11H13F2NO2S. The Morgan fingerprint density at radius 3 is 2.29 bits per heavy atom. The van der Waals surface area contributed by atoms with Crippen LogP contribution in [0.3, 0.4) is 0 Å². The molecule has 1 fully saturated rings. The van der Waals surface area contributed by atoms with Crippen molar-refractivity contribution in [1.29, 1.82) is 0 Å². The minimum Gasteiger partial charge on any atom is -0.399 e. The molecule has 0 aliphatic carbocycles. The van der Waals surface area contributed by atoms with Gasteiger partial charge in [-0.15, -0.1) is 0 Å². The average Bonchev–Trinajstić information content (AvgIpc) is 2.28. The molecule has 17 heavy (non-hydrogen) atoms. The van der Waals surface area contributed by atoms with Gasteiger partial charge in [-0.1, -0.05) is 0 Å². The lowest BCUT2D eigenvalue weighted by Gasteiger charge is -2.21. The standard InChI is InChI=1S/C11H13F2NO2S/c12-9-5-7(14)6-10(13)11(9)17(15)8-1-3-16-4-2-8/h5-6,8H,1-4,14H2. The molecule has 0 spiro atoms. The fourth-order valence-electron chi connectivity index (χ4n) is 1.83. The van der Waals surface area contributed by atoms with Gasteiger partial charge in [-0.05, 0) is 25.0 Å². The van der Waals surface area contributed by atoms with E-state index in [4.69, 9.17) is 10.5 Å². The number of nitrogen functional groups attached to an aromatic ring is 1. The summed E-state index contributed by atoms with van der Waals surface area (Å²) in [6.07, 6.45) is 1.10. The molecule has 0 aromatic heterocycles. The summed E-state index contributed by atoms with van der Waals surface area (Å²) >= 11 is 0. The highest BCUT2D eigenvalue weighted by molar-refractivity contribution is 7.85. The summed E-state index contributed by atoms with van der Waals surface area (Å²) in [5.41, 5.74) is 5.30. The summed E-state index contributed by atoms with van der Waals surface area (Å²) in [7, 11) is -1.69. The van der Waals surface area contributed by atoms with Crippen LogP contribution in [0, 0.1) is 11.6 Å². The van der Waals surface area contributed by atoms with Crippen LogP contribution in [0.25, 0.3) is 0 Å². The van der Waals surface area contributed by atoms with Gasteiger partial charge in [-0.3, -0.25) is 4.21 Å². The maximum atomic E-state index is 13.6. The van der Waals surface area contributed by atoms with E-state index < -0.39 is 22.4 Å². The molecule has 1 aliphatic rings. The van der Waals surface area contributed by atoms with Crippen LogP contribution < -0.4 is 5.73 Å². The van der Waals surface area contributed by atoms with Crippen LogP contribution in [-0.4, -0.2) is 22.7 Å². The second-order valence-electron chi connectivity index (χ2n) is 3.92. The number of anilines is 1. The van der Waals surface area contributed by atoms with E-state index in [1.54, 1.807) is 0 Å². The molecule has 1 saturated heterocycles. The largest absolute Gasteiger partial charge is 0.399 e. The number of ether oxygens (including phenoxy) is 1. The Kier molecular flexibility index (Phi) is 3.73. The minimum atomic E-state index is -1.69. The fraction of sp³-hybridized carbons (Fsp3) is 0.455. The van der Waals surface area contributed by atoms with Gasteiger partial charge in [-0.25, -0.2) is 8.78 Å². The Morgan fingerprint density at radius 1 is 1.24 bits per heavy atom. The molecule has 94 valence electrons. The van der Waals surface area contributed by atoms with Crippen LogP contribution >= 0.6 is 0 Å². The summed E-state index contributed by atoms with van der Waals surface area (Å²) in [6.45, 7) is 0.962. The lowest BCUT2D eigenvalue weighted by Crippen LogP contribution is -2.26. The molecule has 1 aliphatic heterocycles. The molecule has 0 saturated carbocycles. The van der Waals surface area contributed by atoms with Crippen LogP contribution in [0.4, 0.5) is 14.5 Å². The minimum absolute atomic E-state index is 0.00673. The zero-order chi connectivity index (χ0) is 12.4. The maximum absolute atomic E-state index is 13.6. The van der Waals surface area contributed by atoms with Crippen molar-refractivity contribution in [2.75, 3.05) is 18.9 Å². The van der Waals surface area contributed by atoms with Crippen molar-refractivity contribution in [3.8, 4) is 0 Å². The van der Waals surface area contributed by atoms with Crippen molar-refractivity contribution < 1.29 is 17.7 Å². The number of nitrogens with two attached hydrogens (primary N) is 1. The Labute approximate surface area is 100 Å². The van der Waals surface area contributed by atoms with E-state index in [1.807, 2.05) is 0 Å². The zero-order valence-electron chi connectivity index (χ0n) is 9.12. The van der Waals surface area contributed by atoms with Gasteiger partial charge in [0.15, 0.2) is 0 Å². The topological polar surface area (TPSA) is 52.3 Å². The third kappa shape index (κ3) is 2.63. The van der Waals surface area contributed by atoms with Crippen LogP contribution in [-0.2, 0) is 15.5 Å². The van der Waals surface area contributed by atoms with Gasteiger partial charge in [0, 0.05) is 24.2 Å². The molecule has 0 bridgehead atoms. The molecule has 0 amide bonds. The van der Waals surface area contributed by atoms with E-state index in [1.165, 1.54) is 0 Å². The van der Waals surface area contributed by atoms with Crippen molar-refractivity contribution in [1.82, 2.24) is 0 Å². The lowest BCUT2D eigenvalue weighted by molar-refractivity contribution is 0.0991. The highest BCUT2D eigenvalue weighted by Gasteiger charge is 2.26. The molecule has 2 rings (SSSR count). The smallest absolute Gasteiger partial charge is 0.144 e. The number of benzene rings is 1. The fourth-order valence-corrected chi connectivity index (χ4v) is 3.28. The molecule has 1 unspecified atom stereocenters. The summed E-state index contributed by atoms with van der Waals surface area (Å²) in [5.74, 6) is -1.68. The zero-order valence-corrected chi connectivity index (χ0v) is 9.93. The molecule has 1 aromatic carbocycles. The average molecular weight is 261 g/mol. The summed E-state index contributed by atoms with van der Waals surface area (Å²) in [5, 5.41) is -0.253. The van der Waals surface area contributed by atoms with E-state index in [0.717, 1.165) is 12.1 Å². The molecule has 1 aromatic rings. The van der Waals surface area contributed by atoms with Gasteiger partial charge in [0.2, 0.25) is 0 Å². The summed E-state index contributed by atoms with van der Waals surface area (Å²) < 4.78 is 44.4. The molecule has 3 nitrogen and oxygen atoms in total. The predicted octanol–water partition coefficient (Wildman–Crippen LogP) is 1.83. The number of hydrogen-bond donors (Lipinski definition) is 1. The van der Waals surface area contributed by atoms with Crippen molar-refractivity contribution in [3.63, 3.8) is 0 Å². The third-order valence-electron chi connectivity index (χ3n) is 2.69. The number of halogens is 2. The first-order valence-electron chi connectivity index (χ1n) is 5.32. The van der Waals surface area contributed by atoms with E-state index in [-0.39, 0.29) is 15.8 Å². The highest BCUT2D eigenvalue weighted by Crippen LogP contribution is 2.26. The van der Waals surface area contributed by atoms with Crippen LogP contribution in [0.15, 0.2) is 17.0 Å². The van der Waals surface area contributed by atoms with Gasteiger partial charge in [-0.2, -0.15) is 0 Å². The van der Waals surface area contributed by atoms with Crippen molar-refractivity contribution >= 4 is 16.5 Å². The van der Waals surface area contributed by atoms with Gasteiger partial charge >= 0.3 is 0 Å². The predicted molar refractivity (Wildman–Crippen MR) is 61.0 cm³/mol. The van der Waals surface area contributed by atoms with E-state index in [2.05, 4.69) is 0 Å². The Bertz CT molecular complexity index is 424. The monoisotopic (exact) mass is 261 g/mol. The van der Waals surface area contributed by atoms with Gasteiger partial charge in [0.25, 0.3) is 0 Å². The van der Waals surface area contributed by atoms with Gasteiger partial charge < -0.3 is 10.5 Å². The first-order valence-corrected chi connectivity index (χ1v) is 6.53. The first-order chi connectivity index (χ1) is 8.09. The molecule has 2 N–H and O–H groups in total. The Morgan fingerprint density at radius 2 is 1.76 bits per heavy atom. The SMILES string of the molecule is Nc1cc(F)c(S(=O)C2CCOCC2)c(F)c1. The maximum Gasteiger partial charge on any atom is 0.144 e. The molecule has 1 heterocycles. The van der Waals surface area contributed by atoms with E-state index in [0.29, 0.717) is 26.1 Å². The van der Waals surface area contributed by atoms with Crippen LogP contribution in [0.5, 0.6) is 0 Å². The van der Waals surface area contributed by atoms with Crippen molar-refractivity contribution in [2.24, 2.45) is 0 Å².